The fourth-order valence-electron chi connectivity index (χ4n) is 4.99. The number of halogens is 1. The van der Waals surface area contributed by atoms with Gasteiger partial charge in [0.15, 0.2) is 9.84 Å². The molecule has 2 heterocycles. The highest BCUT2D eigenvalue weighted by molar-refractivity contribution is 7.91. The Labute approximate surface area is 198 Å². The second-order valence-corrected chi connectivity index (χ2v) is 11.0. The summed E-state index contributed by atoms with van der Waals surface area (Å²) in [5.74, 6) is 0.521. The predicted octanol–water partition coefficient (Wildman–Crippen LogP) is 5.34. The lowest BCUT2D eigenvalue weighted by Crippen LogP contribution is -2.26. The van der Waals surface area contributed by atoms with Crippen LogP contribution < -0.4 is 4.74 Å². The van der Waals surface area contributed by atoms with E-state index in [1.807, 2.05) is 6.21 Å². The molecule has 1 unspecified atom stereocenters. The van der Waals surface area contributed by atoms with Crippen LogP contribution in [-0.2, 0) is 9.84 Å². The number of rotatable bonds is 6. The first kappa shape index (κ1) is 22.7. The Bertz CT molecular complexity index is 1370. The fraction of sp³-hybridized carbons (Fsp3) is 0.346. The number of allylic oxidation sites excluding steroid dienone is 1. The van der Waals surface area contributed by atoms with Crippen LogP contribution in [0.4, 0.5) is 4.39 Å². The fourth-order valence-corrected chi connectivity index (χ4v) is 5.89. The van der Waals surface area contributed by atoms with Gasteiger partial charge < -0.3 is 4.74 Å². The molecule has 0 saturated heterocycles. The van der Waals surface area contributed by atoms with E-state index >= 15 is 0 Å². The molecule has 5 rings (SSSR count). The van der Waals surface area contributed by atoms with Crippen molar-refractivity contribution in [3.8, 4) is 16.9 Å². The first-order valence-electron chi connectivity index (χ1n) is 11.5. The van der Waals surface area contributed by atoms with Crippen molar-refractivity contribution in [2.24, 2.45) is 26.8 Å². The molecule has 3 aliphatic rings. The Morgan fingerprint density at radius 2 is 1.82 bits per heavy atom. The van der Waals surface area contributed by atoms with Crippen molar-refractivity contribution in [2.45, 2.75) is 37.5 Å². The molecule has 34 heavy (non-hydrogen) atoms. The van der Waals surface area contributed by atoms with Crippen molar-refractivity contribution in [2.75, 3.05) is 12.9 Å². The van der Waals surface area contributed by atoms with Gasteiger partial charge in [0.2, 0.25) is 0 Å². The Kier molecular flexibility index (Phi) is 5.93. The van der Waals surface area contributed by atoms with Gasteiger partial charge in [-0.2, -0.15) is 0 Å². The van der Waals surface area contributed by atoms with Crippen molar-refractivity contribution >= 4 is 33.8 Å². The third kappa shape index (κ3) is 3.90. The van der Waals surface area contributed by atoms with E-state index in [1.54, 1.807) is 31.5 Å². The molecular formula is C26H26FN3O3S. The largest absolute Gasteiger partial charge is 0.496 e. The zero-order valence-corrected chi connectivity index (χ0v) is 20.0. The molecule has 1 atom stereocenters. The van der Waals surface area contributed by atoms with Gasteiger partial charge >= 0.3 is 0 Å². The summed E-state index contributed by atoms with van der Waals surface area (Å²) in [4.78, 5) is 14.0. The molecule has 2 aromatic carbocycles. The summed E-state index contributed by atoms with van der Waals surface area (Å²) in [6, 6.07) is 9.30. The van der Waals surface area contributed by atoms with E-state index in [1.165, 1.54) is 51.0 Å². The van der Waals surface area contributed by atoms with Gasteiger partial charge in [0.05, 0.1) is 29.2 Å². The average molecular weight is 480 g/mol. The first-order valence-corrected chi connectivity index (χ1v) is 13.2. The van der Waals surface area contributed by atoms with Crippen molar-refractivity contribution in [3.05, 3.63) is 53.5 Å². The molecule has 2 aliphatic heterocycles. The van der Waals surface area contributed by atoms with Gasteiger partial charge in [-0.05, 0) is 55.2 Å². The van der Waals surface area contributed by atoms with E-state index in [-0.39, 0.29) is 22.3 Å². The maximum atomic E-state index is 15.0. The highest BCUT2D eigenvalue weighted by atomic mass is 32.2. The van der Waals surface area contributed by atoms with Crippen LogP contribution in [0, 0.1) is 17.7 Å². The molecule has 1 fully saturated rings. The Morgan fingerprint density at radius 3 is 2.56 bits per heavy atom. The number of nitrogens with zero attached hydrogens (tertiary/aromatic N) is 3. The van der Waals surface area contributed by atoms with Gasteiger partial charge in [-0.1, -0.05) is 19.8 Å². The van der Waals surface area contributed by atoms with Crippen molar-refractivity contribution in [1.82, 2.24) is 0 Å². The highest BCUT2D eigenvalue weighted by Crippen LogP contribution is 2.40. The Hall–Kier alpha value is -3.13. The van der Waals surface area contributed by atoms with Crippen LogP contribution in [0.1, 0.15) is 38.2 Å². The molecular weight excluding hydrogens is 453 g/mol. The van der Waals surface area contributed by atoms with Crippen LogP contribution in [-0.4, -0.2) is 39.5 Å². The maximum Gasteiger partial charge on any atom is 0.178 e. The summed E-state index contributed by atoms with van der Waals surface area (Å²) in [6.07, 6.45) is 8.34. The molecule has 6 nitrogen and oxygen atoms in total. The Balaban J connectivity index is 1.56. The number of aliphatic imine (C=N–C) groups is 3. The number of fused-ring (bicyclic) bond motifs is 1. The first-order chi connectivity index (χ1) is 16.4. The summed E-state index contributed by atoms with van der Waals surface area (Å²) < 4.78 is 45.0. The molecule has 0 bridgehead atoms. The monoisotopic (exact) mass is 479 g/mol. The third-order valence-corrected chi connectivity index (χ3v) is 8.61. The van der Waals surface area contributed by atoms with Crippen molar-refractivity contribution in [3.63, 3.8) is 0 Å². The minimum absolute atomic E-state index is 0.0272. The van der Waals surface area contributed by atoms with Gasteiger partial charge in [0.1, 0.15) is 23.6 Å². The average Bonchev–Trinajstić information content (AvgIpc) is 3.56. The zero-order chi connectivity index (χ0) is 23.9. The highest BCUT2D eigenvalue weighted by Gasteiger charge is 2.34. The number of benzene rings is 2. The summed E-state index contributed by atoms with van der Waals surface area (Å²) in [6.45, 7) is 1.58. The number of hydrogen-bond acceptors (Lipinski definition) is 6. The van der Waals surface area contributed by atoms with Crippen LogP contribution in [0.25, 0.3) is 16.8 Å². The molecule has 2 aromatic rings. The standard InChI is InChI=1S/C26H26FN3O3S/c1-3-34(31,32)18-9-10-19(23(13-18)33-2)20-12-17(8-11-22(20)27)24-26-25(29-15-30-26)21(14-28-24)16-6-4-5-7-16/h8-16,21H,3-7H2,1-2H3. The van der Waals surface area contributed by atoms with Crippen molar-refractivity contribution in [1.29, 1.82) is 0 Å². The smallest absolute Gasteiger partial charge is 0.178 e. The summed E-state index contributed by atoms with van der Waals surface area (Å²) >= 11 is 0. The minimum atomic E-state index is -3.42. The van der Waals surface area contributed by atoms with E-state index in [4.69, 9.17) is 9.73 Å². The molecule has 8 heteroatoms. The number of hydrogen-bond donors (Lipinski definition) is 0. The normalized spacial score (nSPS) is 20.1. The van der Waals surface area contributed by atoms with Crippen LogP contribution in [0.2, 0.25) is 0 Å². The lowest BCUT2D eigenvalue weighted by molar-refractivity contribution is 0.415. The Morgan fingerprint density at radius 1 is 1.03 bits per heavy atom. The third-order valence-electron chi connectivity index (χ3n) is 6.88. The number of ether oxygens (including phenoxy) is 1. The molecule has 0 radical (unpaired) electrons. The lowest BCUT2D eigenvalue weighted by atomic mass is 9.84. The van der Waals surface area contributed by atoms with Crippen LogP contribution >= 0.6 is 0 Å². The second-order valence-electron chi connectivity index (χ2n) is 8.76. The summed E-state index contributed by atoms with van der Waals surface area (Å²) in [7, 11) is -1.97. The predicted molar refractivity (Wildman–Crippen MR) is 133 cm³/mol. The molecule has 1 aliphatic carbocycles. The van der Waals surface area contributed by atoms with E-state index < -0.39 is 15.7 Å². The van der Waals surface area contributed by atoms with E-state index in [9.17, 15) is 12.8 Å². The van der Waals surface area contributed by atoms with Gasteiger partial charge in [0.25, 0.3) is 0 Å². The van der Waals surface area contributed by atoms with Gasteiger partial charge in [-0.3, -0.25) is 4.99 Å². The van der Waals surface area contributed by atoms with Crippen LogP contribution in [0.5, 0.6) is 5.75 Å². The van der Waals surface area contributed by atoms with E-state index in [0.717, 1.165) is 11.4 Å². The quantitative estimate of drug-likeness (QED) is 0.561. The topological polar surface area (TPSA) is 80.5 Å². The van der Waals surface area contributed by atoms with E-state index in [0.29, 0.717) is 28.3 Å². The lowest BCUT2D eigenvalue weighted by Gasteiger charge is -2.24. The molecule has 0 N–H and O–H groups in total. The number of sulfone groups is 1. The van der Waals surface area contributed by atoms with Gasteiger partial charge in [0, 0.05) is 28.8 Å². The molecule has 176 valence electrons. The van der Waals surface area contributed by atoms with Crippen LogP contribution in [0.15, 0.2) is 62.0 Å². The van der Waals surface area contributed by atoms with Crippen molar-refractivity contribution < 1.29 is 17.5 Å². The zero-order valence-electron chi connectivity index (χ0n) is 19.2. The minimum Gasteiger partial charge on any atom is -0.496 e. The SMILES string of the molecule is CCS(=O)(=O)c1ccc(-c2cc(C3=C4N=CN=C4C(C4CCCC4)C=N3)ccc2F)c(OC)c1. The maximum absolute atomic E-state index is 15.0. The second kappa shape index (κ2) is 8.91. The number of methoxy groups -OCH3 is 1. The molecule has 0 amide bonds. The van der Waals surface area contributed by atoms with E-state index in [2.05, 4.69) is 9.98 Å². The van der Waals surface area contributed by atoms with Gasteiger partial charge in [-0.15, -0.1) is 0 Å². The van der Waals surface area contributed by atoms with Crippen LogP contribution in [0.3, 0.4) is 0 Å². The summed E-state index contributed by atoms with van der Waals surface area (Å²) in [5.41, 5.74) is 3.83. The molecule has 0 spiro atoms. The molecule has 0 aromatic heterocycles. The molecule has 1 saturated carbocycles. The van der Waals surface area contributed by atoms with Gasteiger partial charge in [-0.25, -0.2) is 22.8 Å². The summed E-state index contributed by atoms with van der Waals surface area (Å²) in [5, 5.41) is 0.